The van der Waals surface area contributed by atoms with E-state index in [4.69, 9.17) is 0 Å². The molecule has 1 aromatic rings. The monoisotopic (exact) mass is 322 g/mol. The van der Waals surface area contributed by atoms with Crippen molar-refractivity contribution in [3.8, 4) is 0 Å². The van der Waals surface area contributed by atoms with Gasteiger partial charge in [0.15, 0.2) is 0 Å². The van der Waals surface area contributed by atoms with Gasteiger partial charge in [-0.05, 0) is 0 Å². The molecule has 0 unspecified atom stereocenters. The molecule has 0 amide bonds. The van der Waals surface area contributed by atoms with E-state index in [-0.39, 0.29) is 15.4 Å². The Labute approximate surface area is 84.1 Å². The van der Waals surface area contributed by atoms with Crippen molar-refractivity contribution >= 4 is 51.7 Å². The van der Waals surface area contributed by atoms with Crippen LogP contribution in [0.4, 0.5) is 0 Å². The molecule has 0 nitrogen and oxygen atoms in total. The summed E-state index contributed by atoms with van der Waals surface area (Å²) >= 11 is 6.94. The Bertz CT molecular complexity index is 186. The molecule has 0 aromatic heterocycles. The van der Waals surface area contributed by atoms with E-state index in [0.29, 0.717) is 2.57 Å². The summed E-state index contributed by atoms with van der Waals surface area (Å²) in [5.74, 6) is 0. The van der Waals surface area contributed by atoms with Crippen LogP contribution in [0, 0.1) is 0 Å². The van der Waals surface area contributed by atoms with Gasteiger partial charge in [-0.2, -0.15) is 0 Å². The summed E-state index contributed by atoms with van der Waals surface area (Å²) in [6, 6.07) is 10.6. The van der Waals surface area contributed by atoms with Gasteiger partial charge in [-0.3, -0.25) is 0 Å². The third kappa shape index (κ3) is 3.21. The van der Waals surface area contributed by atoms with Gasteiger partial charge in [0, 0.05) is 0 Å². The second-order valence-corrected chi connectivity index (χ2v) is 11.4. The molecule has 52 valence electrons. The van der Waals surface area contributed by atoms with Crippen LogP contribution < -0.4 is 4.40 Å². The van der Waals surface area contributed by atoms with Crippen LogP contribution in [0.5, 0.6) is 0 Å². The predicted octanol–water partition coefficient (Wildman–Crippen LogP) is 2.09. The molecule has 0 atom stereocenters. The zero-order valence-corrected chi connectivity index (χ0v) is 10.5. The van der Waals surface area contributed by atoms with Crippen molar-refractivity contribution in [3.63, 3.8) is 0 Å². The Kier molecular flexibility index (Phi) is 4.03. The molecule has 2 radical (unpaired) electrons. The molecule has 0 saturated heterocycles. The fourth-order valence-electron chi connectivity index (χ4n) is 0.660. The molecule has 0 saturated carbocycles. The zero-order valence-electron chi connectivity index (χ0n) is 5.22. The van der Waals surface area contributed by atoms with E-state index in [1.165, 1.54) is 4.40 Å². The molecular weight excluding hydrogens is 316 g/mol. The fourth-order valence-corrected chi connectivity index (χ4v) is 4.74. The Morgan fingerprint density at radius 3 is 2.20 bits per heavy atom. The minimum absolute atomic E-state index is 0.0261. The first kappa shape index (κ1) is 8.82. The maximum atomic E-state index is 3.48. The average molecular weight is 323 g/mol. The quantitative estimate of drug-likeness (QED) is 0.578. The molecular formula is C7H6Br2Ge. The van der Waals surface area contributed by atoms with E-state index < -0.39 is 0 Å². The number of hydrogen-bond acceptors (Lipinski definition) is 0. The summed E-state index contributed by atoms with van der Waals surface area (Å²) in [5.41, 5.74) is 0. The second-order valence-electron chi connectivity index (χ2n) is 1.81. The van der Waals surface area contributed by atoms with Crippen LogP contribution in [0.25, 0.3) is 0 Å². The Morgan fingerprint density at radius 2 is 1.70 bits per heavy atom. The number of benzene rings is 1. The first-order chi connectivity index (χ1) is 4.79. The predicted molar refractivity (Wildman–Crippen MR) is 53.5 cm³/mol. The molecule has 0 aliphatic carbocycles. The van der Waals surface area contributed by atoms with Crippen molar-refractivity contribution in [1.29, 1.82) is 0 Å². The number of halogens is 2. The molecule has 1 rings (SSSR count). The van der Waals surface area contributed by atoms with E-state index >= 15 is 0 Å². The summed E-state index contributed by atoms with van der Waals surface area (Å²) in [6.07, 6.45) is 0. The third-order valence-electron chi connectivity index (χ3n) is 1.05. The number of hydrogen-bond donors (Lipinski definition) is 0. The molecule has 0 aliphatic rings. The SMILES string of the molecule is Br[CH](Br)[Ge][c]1ccccc1. The van der Waals surface area contributed by atoms with Crippen molar-refractivity contribution in [2.75, 3.05) is 0 Å². The molecule has 0 N–H and O–H groups in total. The molecule has 0 bridgehead atoms. The Morgan fingerprint density at radius 1 is 1.10 bits per heavy atom. The molecule has 3 heteroatoms. The number of rotatable bonds is 2. The van der Waals surface area contributed by atoms with Gasteiger partial charge in [-0.1, -0.05) is 0 Å². The van der Waals surface area contributed by atoms with E-state index in [9.17, 15) is 0 Å². The summed E-state index contributed by atoms with van der Waals surface area (Å²) in [4.78, 5) is 0. The van der Waals surface area contributed by atoms with Crippen LogP contribution in [0.3, 0.4) is 0 Å². The average Bonchev–Trinajstić information content (AvgIpc) is 1.88. The van der Waals surface area contributed by atoms with Gasteiger partial charge in [0.25, 0.3) is 0 Å². The van der Waals surface area contributed by atoms with Gasteiger partial charge in [0.1, 0.15) is 0 Å². The molecule has 10 heavy (non-hydrogen) atoms. The van der Waals surface area contributed by atoms with Crippen LogP contribution in [0.1, 0.15) is 0 Å². The van der Waals surface area contributed by atoms with Crippen LogP contribution >= 0.6 is 31.9 Å². The molecule has 0 aliphatic heterocycles. The van der Waals surface area contributed by atoms with Crippen LogP contribution in [0.2, 0.25) is 0 Å². The van der Waals surface area contributed by atoms with Gasteiger partial charge in [0.05, 0.1) is 0 Å². The summed E-state index contributed by atoms with van der Waals surface area (Å²) < 4.78 is 1.99. The van der Waals surface area contributed by atoms with Crippen molar-refractivity contribution < 1.29 is 0 Å². The molecule has 0 heterocycles. The molecule has 0 fully saturated rings. The topological polar surface area (TPSA) is 0 Å². The van der Waals surface area contributed by atoms with Gasteiger partial charge >= 0.3 is 84.6 Å². The summed E-state index contributed by atoms with van der Waals surface area (Å²) in [7, 11) is 0. The van der Waals surface area contributed by atoms with E-state index in [1.54, 1.807) is 0 Å². The van der Waals surface area contributed by atoms with E-state index in [2.05, 4.69) is 56.1 Å². The van der Waals surface area contributed by atoms with Gasteiger partial charge in [0.2, 0.25) is 0 Å². The van der Waals surface area contributed by atoms with Gasteiger partial charge in [-0.25, -0.2) is 0 Å². The van der Waals surface area contributed by atoms with Gasteiger partial charge in [-0.15, -0.1) is 0 Å². The fraction of sp³-hybridized carbons (Fsp3) is 0.143. The third-order valence-corrected chi connectivity index (χ3v) is 5.29. The Hall–Kier alpha value is 0.723. The first-order valence-corrected chi connectivity index (χ1v) is 6.98. The summed E-state index contributed by atoms with van der Waals surface area (Å²) in [6.45, 7) is 0. The van der Waals surface area contributed by atoms with E-state index in [0.717, 1.165) is 0 Å². The van der Waals surface area contributed by atoms with Crippen LogP contribution in [-0.2, 0) is 0 Å². The Balaban J connectivity index is 2.59. The normalized spacial score (nSPS) is 10.3. The zero-order chi connectivity index (χ0) is 7.40. The van der Waals surface area contributed by atoms with Crippen molar-refractivity contribution in [2.24, 2.45) is 0 Å². The van der Waals surface area contributed by atoms with E-state index in [1.807, 2.05) is 6.07 Å². The maximum absolute atomic E-state index is 3.48. The number of alkyl halides is 2. The molecule has 0 spiro atoms. The van der Waals surface area contributed by atoms with Crippen molar-refractivity contribution in [3.05, 3.63) is 30.3 Å². The van der Waals surface area contributed by atoms with Crippen molar-refractivity contribution in [2.45, 2.75) is 2.57 Å². The molecule has 1 aromatic carbocycles. The van der Waals surface area contributed by atoms with Crippen LogP contribution in [-0.4, -0.2) is 18.0 Å². The summed E-state index contributed by atoms with van der Waals surface area (Å²) in [5, 5.41) is 0. The van der Waals surface area contributed by atoms with Crippen molar-refractivity contribution in [1.82, 2.24) is 0 Å². The van der Waals surface area contributed by atoms with Gasteiger partial charge < -0.3 is 0 Å². The standard InChI is InChI=1S/C7H6Br2Ge/c8-7(9)10-6-4-2-1-3-5-6/h1-5,7H. The first-order valence-electron chi connectivity index (χ1n) is 2.89. The van der Waals surface area contributed by atoms with Crippen LogP contribution in [0.15, 0.2) is 30.3 Å². The second kappa shape index (κ2) is 4.57. The minimum atomic E-state index is -0.0261.